The lowest BCUT2D eigenvalue weighted by atomic mass is 10.1. The molecule has 0 bridgehead atoms. The molecular weight excluding hydrogens is 298 g/mol. The first-order valence-corrected chi connectivity index (χ1v) is 7.99. The minimum atomic E-state index is -3.67. The molecule has 0 saturated carbocycles. The summed E-state index contributed by atoms with van der Waals surface area (Å²) in [6.45, 7) is 9.04. The molecule has 1 aromatic carbocycles. The molecule has 0 aliphatic heterocycles. The zero-order valence-corrected chi connectivity index (χ0v) is 13.5. The summed E-state index contributed by atoms with van der Waals surface area (Å²) < 4.78 is 26.7. The van der Waals surface area contributed by atoms with Crippen molar-refractivity contribution in [3.8, 4) is 0 Å². The molecule has 0 spiro atoms. The van der Waals surface area contributed by atoms with E-state index in [-0.39, 0.29) is 23.1 Å². The molecular formula is C14H20ClNO3S. The van der Waals surface area contributed by atoms with Crippen molar-refractivity contribution in [3.63, 3.8) is 0 Å². The summed E-state index contributed by atoms with van der Waals surface area (Å²) in [5.74, 6) is 0. The second-order valence-corrected chi connectivity index (χ2v) is 7.68. The fourth-order valence-corrected chi connectivity index (χ4v) is 3.88. The van der Waals surface area contributed by atoms with Crippen LogP contribution in [-0.4, -0.2) is 29.9 Å². The van der Waals surface area contributed by atoms with E-state index >= 15 is 0 Å². The summed E-state index contributed by atoms with van der Waals surface area (Å²) in [5.41, 5.74) is -0.0774. The first kappa shape index (κ1) is 17.2. The highest BCUT2D eigenvalue weighted by Gasteiger charge is 2.33. The zero-order chi connectivity index (χ0) is 15.6. The number of benzene rings is 1. The molecule has 1 rings (SSSR count). The lowest BCUT2D eigenvalue weighted by molar-refractivity contribution is 0.269. The molecule has 0 aliphatic carbocycles. The van der Waals surface area contributed by atoms with Crippen molar-refractivity contribution >= 4 is 21.6 Å². The van der Waals surface area contributed by atoms with Crippen molar-refractivity contribution in [1.82, 2.24) is 4.31 Å². The average molecular weight is 318 g/mol. The fourth-order valence-electron chi connectivity index (χ4n) is 1.79. The summed E-state index contributed by atoms with van der Waals surface area (Å²) in [7, 11) is -3.67. The van der Waals surface area contributed by atoms with Gasteiger partial charge < -0.3 is 5.11 Å². The number of hydrogen-bond acceptors (Lipinski definition) is 3. The molecule has 4 nitrogen and oxygen atoms in total. The van der Waals surface area contributed by atoms with Gasteiger partial charge in [-0.2, -0.15) is 4.31 Å². The number of rotatable bonds is 5. The highest BCUT2D eigenvalue weighted by atomic mass is 35.5. The smallest absolute Gasteiger partial charge is 0.243 e. The van der Waals surface area contributed by atoms with Crippen LogP contribution in [0.4, 0.5) is 0 Å². The second kappa shape index (κ2) is 6.26. The van der Waals surface area contributed by atoms with Crippen LogP contribution >= 0.6 is 11.6 Å². The third-order valence-corrected chi connectivity index (χ3v) is 5.30. The Kier molecular flexibility index (Phi) is 5.38. The van der Waals surface area contributed by atoms with Crippen molar-refractivity contribution in [2.24, 2.45) is 0 Å². The Labute approximate surface area is 125 Å². The Morgan fingerprint density at radius 1 is 1.40 bits per heavy atom. The van der Waals surface area contributed by atoms with Gasteiger partial charge in [-0.25, -0.2) is 8.42 Å². The minimum Gasteiger partial charge on any atom is -0.392 e. The van der Waals surface area contributed by atoms with Gasteiger partial charge in [-0.15, -0.1) is 6.58 Å². The molecule has 0 aliphatic rings. The fraction of sp³-hybridized carbons (Fsp3) is 0.429. The molecule has 20 heavy (non-hydrogen) atoms. The predicted molar refractivity (Wildman–Crippen MR) is 81.2 cm³/mol. The molecule has 0 heterocycles. The molecule has 0 fully saturated rings. The second-order valence-electron chi connectivity index (χ2n) is 5.41. The van der Waals surface area contributed by atoms with E-state index in [1.54, 1.807) is 6.08 Å². The van der Waals surface area contributed by atoms with E-state index in [1.807, 2.05) is 20.8 Å². The summed E-state index contributed by atoms with van der Waals surface area (Å²) in [4.78, 5) is 0.108. The monoisotopic (exact) mass is 317 g/mol. The van der Waals surface area contributed by atoms with Crippen molar-refractivity contribution in [2.45, 2.75) is 37.8 Å². The summed E-state index contributed by atoms with van der Waals surface area (Å²) >= 11 is 5.97. The Morgan fingerprint density at radius 2 is 2.00 bits per heavy atom. The van der Waals surface area contributed by atoms with Gasteiger partial charge in [-0.05, 0) is 38.5 Å². The lowest BCUT2D eigenvalue weighted by Gasteiger charge is -2.33. The number of sulfonamides is 1. The summed E-state index contributed by atoms with van der Waals surface area (Å²) in [6, 6.07) is 4.34. The van der Waals surface area contributed by atoms with E-state index in [1.165, 1.54) is 22.5 Å². The molecule has 0 unspecified atom stereocenters. The van der Waals surface area contributed by atoms with Crippen molar-refractivity contribution in [3.05, 3.63) is 41.4 Å². The third-order valence-electron chi connectivity index (χ3n) is 2.83. The molecule has 0 aromatic heterocycles. The molecule has 1 aromatic rings. The maximum absolute atomic E-state index is 12.7. The molecule has 1 N–H and O–H groups in total. The summed E-state index contributed by atoms with van der Waals surface area (Å²) in [6.07, 6.45) is 1.55. The van der Waals surface area contributed by atoms with Crippen LogP contribution in [-0.2, 0) is 16.6 Å². The molecule has 0 amide bonds. The van der Waals surface area contributed by atoms with Crippen molar-refractivity contribution in [2.75, 3.05) is 6.54 Å². The van der Waals surface area contributed by atoms with Gasteiger partial charge in [0.15, 0.2) is 0 Å². The van der Waals surface area contributed by atoms with E-state index in [2.05, 4.69) is 6.58 Å². The first-order valence-electron chi connectivity index (χ1n) is 6.17. The molecule has 0 radical (unpaired) electrons. The van der Waals surface area contributed by atoms with E-state index < -0.39 is 15.6 Å². The Hall–Kier alpha value is -0.880. The van der Waals surface area contributed by atoms with Gasteiger partial charge in [0.25, 0.3) is 0 Å². The van der Waals surface area contributed by atoms with Gasteiger partial charge in [0, 0.05) is 17.1 Å². The van der Waals surface area contributed by atoms with Gasteiger partial charge in [-0.1, -0.05) is 23.7 Å². The highest BCUT2D eigenvalue weighted by molar-refractivity contribution is 7.89. The lowest BCUT2D eigenvalue weighted by Crippen LogP contribution is -2.45. The molecule has 112 valence electrons. The van der Waals surface area contributed by atoms with Crippen LogP contribution in [0.15, 0.2) is 35.7 Å². The third kappa shape index (κ3) is 3.61. The van der Waals surface area contributed by atoms with Gasteiger partial charge in [0.2, 0.25) is 10.0 Å². The zero-order valence-electron chi connectivity index (χ0n) is 11.9. The van der Waals surface area contributed by atoms with Crippen LogP contribution in [0, 0.1) is 0 Å². The predicted octanol–water partition coefficient (Wildman–Crippen LogP) is 2.81. The highest BCUT2D eigenvalue weighted by Crippen LogP contribution is 2.27. The van der Waals surface area contributed by atoms with Crippen LogP contribution in [0.25, 0.3) is 0 Å². The topological polar surface area (TPSA) is 57.6 Å². The number of aliphatic hydroxyl groups is 1. The maximum Gasteiger partial charge on any atom is 0.243 e. The number of halogens is 1. The Balaban J connectivity index is 3.33. The SMILES string of the molecule is C=CCN(C(C)(C)C)S(=O)(=O)c1ccc(CO)c(Cl)c1. The van der Waals surface area contributed by atoms with E-state index in [4.69, 9.17) is 16.7 Å². The van der Waals surface area contributed by atoms with Crippen LogP contribution < -0.4 is 0 Å². The molecule has 6 heteroatoms. The molecule has 0 saturated heterocycles. The first-order chi connectivity index (χ1) is 9.14. The summed E-state index contributed by atoms with van der Waals surface area (Å²) in [5, 5.41) is 9.31. The quantitative estimate of drug-likeness (QED) is 0.850. The van der Waals surface area contributed by atoms with Gasteiger partial charge in [0.05, 0.1) is 11.5 Å². The van der Waals surface area contributed by atoms with Gasteiger partial charge >= 0.3 is 0 Å². The van der Waals surface area contributed by atoms with E-state index in [9.17, 15) is 8.42 Å². The van der Waals surface area contributed by atoms with Crippen LogP contribution in [0.3, 0.4) is 0 Å². The number of aliphatic hydroxyl groups excluding tert-OH is 1. The maximum atomic E-state index is 12.7. The minimum absolute atomic E-state index is 0.108. The van der Waals surface area contributed by atoms with Crippen molar-refractivity contribution < 1.29 is 13.5 Å². The normalized spacial score (nSPS) is 12.7. The Bertz CT molecular complexity index is 591. The van der Waals surface area contributed by atoms with Gasteiger partial charge in [0.1, 0.15) is 0 Å². The van der Waals surface area contributed by atoms with Crippen LogP contribution in [0.5, 0.6) is 0 Å². The standard InChI is InChI=1S/C14H20ClNO3S/c1-5-8-16(14(2,3)4)20(18,19)12-7-6-11(10-17)13(15)9-12/h5-7,9,17H,1,8,10H2,2-4H3. The number of hydrogen-bond donors (Lipinski definition) is 1. The van der Waals surface area contributed by atoms with Crippen LogP contribution in [0.2, 0.25) is 5.02 Å². The van der Waals surface area contributed by atoms with E-state index in [0.29, 0.717) is 5.56 Å². The largest absolute Gasteiger partial charge is 0.392 e. The van der Waals surface area contributed by atoms with Crippen LogP contribution in [0.1, 0.15) is 26.3 Å². The van der Waals surface area contributed by atoms with Crippen molar-refractivity contribution in [1.29, 1.82) is 0 Å². The average Bonchev–Trinajstić information content (AvgIpc) is 2.34. The molecule has 0 atom stereocenters. The number of nitrogens with zero attached hydrogens (tertiary/aromatic N) is 1. The Morgan fingerprint density at radius 3 is 2.40 bits per heavy atom. The van der Waals surface area contributed by atoms with Gasteiger partial charge in [-0.3, -0.25) is 0 Å². The van der Waals surface area contributed by atoms with E-state index in [0.717, 1.165) is 0 Å².